The van der Waals surface area contributed by atoms with Crippen molar-refractivity contribution >= 4 is 54.4 Å². The second-order valence-electron chi connectivity index (χ2n) is 6.09. The third-order valence-corrected chi connectivity index (χ3v) is 7.67. The normalized spacial score (nSPS) is 16.8. The number of hydrogen-bond acceptors (Lipinski definition) is 5. The maximum atomic E-state index is 13.3. The van der Waals surface area contributed by atoms with E-state index in [1.54, 1.807) is 17.5 Å². The van der Waals surface area contributed by atoms with Crippen molar-refractivity contribution in [2.24, 2.45) is 0 Å². The lowest BCUT2D eigenvalue weighted by molar-refractivity contribution is 0.104. The minimum Gasteiger partial charge on any atom is -0.359 e. The Kier molecular flexibility index (Phi) is 5.09. The molecule has 3 aromatic rings. The molecule has 8 heteroatoms. The first kappa shape index (κ1) is 18.9. The first-order valence-corrected chi connectivity index (χ1v) is 11.5. The molecule has 2 heterocycles. The summed E-state index contributed by atoms with van der Waals surface area (Å²) in [7, 11) is -4.00. The van der Waals surface area contributed by atoms with E-state index in [2.05, 4.69) is 21.2 Å². The van der Waals surface area contributed by atoms with E-state index >= 15 is 0 Å². The van der Waals surface area contributed by atoms with Crippen LogP contribution in [0.25, 0.3) is 0 Å². The molecule has 0 bridgehead atoms. The van der Waals surface area contributed by atoms with Crippen LogP contribution >= 0.6 is 27.3 Å². The number of fused-ring (bicyclic) bond motifs is 1. The number of para-hydroxylation sites is 1. The van der Waals surface area contributed by atoms with E-state index in [4.69, 9.17) is 0 Å². The molecule has 142 valence electrons. The van der Waals surface area contributed by atoms with Crippen molar-refractivity contribution < 1.29 is 13.2 Å². The predicted molar refractivity (Wildman–Crippen MR) is 116 cm³/mol. The molecule has 0 fully saturated rings. The maximum absolute atomic E-state index is 13.3. The molecule has 28 heavy (non-hydrogen) atoms. The second-order valence-corrected chi connectivity index (χ2v) is 9.70. The van der Waals surface area contributed by atoms with E-state index in [1.165, 1.54) is 21.8 Å². The summed E-state index contributed by atoms with van der Waals surface area (Å²) >= 11 is 4.65. The number of nitrogens with one attached hydrogen (secondary N) is 1. The van der Waals surface area contributed by atoms with Gasteiger partial charge in [0, 0.05) is 10.7 Å². The highest BCUT2D eigenvalue weighted by atomic mass is 79.9. The van der Waals surface area contributed by atoms with Crippen LogP contribution in [0, 0.1) is 0 Å². The van der Waals surface area contributed by atoms with Gasteiger partial charge in [-0.25, -0.2) is 8.42 Å². The fourth-order valence-electron chi connectivity index (χ4n) is 2.93. The summed E-state index contributed by atoms with van der Waals surface area (Å²) in [5, 5.41) is 4.68. The topological polar surface area (TPSA) is 66.5 Å². The standard InChI is InChI=1S/C20H15BrN2O3S2/c21-15-8-4-5-9-16(15)22-12-18-19(24)20-17(10-11-27-20)23(28(18,25)26)13-14-6-2-1-3-7-14/h1-12,22H,13H2/b18-12-. The number of hydrogen-bond donors (Lipinski definition) is 1. The molecule has 0 saturated carbocycles. The minimum atomic E-state index is -4.00. The number of nitrogens with zero attached hydrogens (tertiary/aromatic N) is 1. The van der Waals surface area contributed by atoms with Crippen molar-refractivity contribution in [3.63, 3.8) is 0 Å². The van der Waals surface area contributed by atoms with Crippen LogP contribution in [0.4, 0.5) is 11.4 Å². The lowest BCUT2D eigenvalue weighted by atomic mass is 10.2. The zero-order chi connectivity index (χ0) is 19.7. The van der Waals surface area contributed by atoms with Gasteiger partial charge in [-0.2, -0.15) is 0 Å². The van der Waals surface area contributed by atoms with Gasteiger partial charge in [0.15, 0.2) is 4.91 Å². The van der Waals surface area contributed by atoms with Crippen molar-refractivity contribution in [3.05, 3.63) is 92.1 Å². The summed E-state index contributed by atoms with van der Waals surface area (Å²) in [4.78, 5) is 13.0. The molecule has 1 aromatic heterocycles. The molecule has 5 nitrogen and oxygen atoms in total. The molecular weight excluding hydrogens is 460 g/mol. The lowest BCUT2D eigenvalue weighted by Gasteiger charge is -2.29. The van der Waals surface area contributed by atoms with E-state index < -0.39 is 15.8 Å². The van der Waals surface area contributed by atoms with Gasteiger partial charge in [-0.3, -0.25) is 9.10 Å². The van der Waals surface area contributed by atoms with E-state index in [-0.39, 0.29) is 11.4 Å². The molecule has 4 rings (SSSR count). The van der Waals surface area contributed by atoms with Gasteiger partial charge in [0.05, 0.1) is 17.9 Å². The van der Waals surface area contributed by atoms with E-state index in [9.17, 15) is 13.2 Å². The predicted octanol–water partition coefficient (Wildman–Crippen LogP) is 5.00. The van der Waals surface area contributed by atoms with Crippen LogP contribution in [0.15, 0.2) is 81.6 Å². The number of benzene rings is 2. The molecular formula is C20H15BrN2O3S2. The van der Waals surface area contributed by atoms with Crippen molar-refractivity contribution in [3.8, 4) is 0 Å². The number of halogens is 1. The van der Waals surface area contributed by atoms with Crippen LogP contribution in [0.5, 0.6) is 0 Å². The number of Topliss-reactive ketones (excluding diaryl/α,β-unsaturated/α-hetero) is 1. The fourth-order valence-corrected chi connectivity index (χ4v) is 5.81. The molecule has 0 atom stereocenters. The van der Waals surface area contributed by atoms with Gasteiger partial charge in [0.1, 0.15) is 4.88 Å². The van der Waals surface area contributed by atoms with Gasteiger partial charge >= 0.3 is 0 Å². The van der Waals surface area contributed by atoms with Crippen LogP contribution in [0.2, 0.25) is 0 Å². The van der Waals surface area contributed by atoms with Gasteiger partial charge in [-0.1, -0.05) is 42.5 Å². The van der Waals surface area contributed by atoms with Crippen molar-refractivity contribution in [1.82, 2.24) is 0 Å². The molecule has 0 radical (unpaired) electrons. The first-order valence-electron chi connectivity index (χ1n) is 8.38. The Balaban J connectivity index is 1.77. The largest absolute Gasteiger partial charge is 0.359 e. The van der Waals surface area contributed by atoms with Gasteiger partial charge in [-0.05, 0) is 45.1 Å². The zero-order valence-electron chi connectivity index (χ0n) is 14.5. The number of anilines is 2. The number of carbonyl (C=O) groups excluding carboxylic acids is 1. The Labute approximate surface area is 175 Å². The lowest BCUT2D eigenvalue weighted by Crippen LogP contribution is -2.38. The Bertz CT molecular complexity index is 1170. The molecule has 0 saturated heterocycles. The van der Waals surface area contributed by atoms with E-state index in [0.717, 1.165) is 10.0 Å². The average molecular weight is 475 g/mol. The summed E-state index contributed by atoms with van der Waals surface area (Å²) in [6, 6.07) is 18.3. The van der Waals surface area contributed by atoms with Gasteiger partial charge in [-0.15, -0.1) is 11.3 Å². The van der Waals surface area contributed by atoms with Crippen molar-refractivity contribution in [1.29, 1.82) is 0 Å². The highest BCUT2D eigenvalue weighted by Crippen LogP contribution is 2.39. The Morgan fingerprint density at radius 1 is 1.04 bits per heavy atom. The molecule has 1 aliphatic heterocycles. The average Bonchev–Trinajstić information content (AvgIpc) is 3.17. The van der Waals surface area contributed by atoms with Crippen LogP contribution in [-0.2, 0) is 16.6 Å². The van der Waals surface area contributed by atoms with Crippen LogP contribution in [0.1, 0.15) is 15.2 Å². The maximum Gasteiger partial charge on any atom is 0.270 e. The van der Waals surface area contributed by atoms with Crippen LogP contribution in [0.3, 0.4) is 0 Å². The third-order valence-electron chi connectivity index (χ3n) is 4.31. The number of sulfonamides is 1. The molecule has 0 spiro atoms. The van der Waals surface area contributed by atoms with Crippen LogP contribution in [-0.4, -0.2) is 14.2 Å². The smallest absolute Gasteiger partial charge is 0.270 e. The van der Waals surface area contributed by atoms with E-state index in [1.807, 2.05) is 48.5 Å². The zero-order valence-corrected chi connectivity index (χ0v) is 17.7. The molecule has 2 aromatic carbocycles. The van der Waals surface area contributed by atoms with Crippen LogP contribution < -0.4 is 9.62 Å². The van der Waals surface area contributed by atoms with Gasteiger partial charge in [0.25, 0.3) is 10.0 Å². The second kappa shape index (κ2) is 7.54. The molecule has 1 aliphatic rings. The number of rotatable bonds is 4. The van der Waals surface area contributed by atoms with Gasteiger partial charge < -0.3 is 5.32 Å². The number of thiophene rings is 1. The third kappa shape index (κ3) is 3.39. The Morgan fingerprint density at radius 3 is 2.50 bits per heavy atom. The SMILES string of the molecule is O=C1/C(=C/Nc2ccccc2Br)S(=O)(=O)N(Cc2ccccc2)c2ccsc21. The van der Waals surface area contributed by atoms with E-state index in [0.29, 0.717) is 16.3 Å². The summed E-state index contributed by atoms with van der Waals surface area (Å²) in [5.74, 6) is -0.492. The van der Waals surface area contributed by atoms with Crippen molar-refractivity contribution in [2.75, 3.05) is 9.62 Å². The summed E-state index contributed by atoms with van der Waals surface area (Å²) < 4.78 is 28.6. The number of allylic oxidation sites excluding steroid dienone is 1. The fraction of sp³-hybridized carbons (Fsp3) is 0.0500. The number of carbonyl (C=O) groups is 1. The Morgan fingerprint density at radius 2 is 1.75 bits per heavy atom. The summed E-state index contributed by atoms with van der Waals surface area (Å²) in [5.41, 5.74) is 1.94. The Hall–Kier alpha value is -2.42. The molecule has 1 N–H and O–H groups in total. The van der Waals surface area contributed by atoms with Crippen molar-refractivity contribution in [2.45, 2.75) is 6.54 Å². The number of ketones is 1. The molecule has 0 unspecified atom stereocenters. The molecule has 0 aliphatic carbocycles. The monoisotopic (exact) mass is 474 g/mol. The highest BCUT2D eigenvalue weighted by Gasteiger charge is 2.41. The quantitative estimate of drug-likeness (QED) is 0.540. The molecule has 0 amide bonds. The van der Waals surface area contributed by atoms with Gasteiger partial charge in [0.2, 0.25) is 5.78 Å². The first-order chi connectivity index (χ1) is 13.5. The summed E-state index contributed by atoms with van der Waals surface area (Å²) in [6.07, 6.45) is 1.28. The summed E-state index contributed by atoms with van der Waals surface area (Å²) in [6.45, 7) is 0.159. The minimum absolute atomic E-state index is 0.159. The highest BCUT2D eigenvalue weighted by molar-refractivity contribution is 9.10.